The average molecular weight is 537 g/mol. The van der Waals surface area contributed by atoms with Crippen LogP contribution in [0.1, 0.15) is 0 Å². The minimum Gasteiger partial charge on any atom is -0.303 e. The zero-order chi connectivity index (χ0) is 27.8. The van der Waals surface area contributed by atoms with Crippen LogP contribution in [0, 0.1) is 0 Å². The molecule has 0 amide bonds. The number of aromatic nitrogens is 2. The second-order valence-corrected chi connectivity index (χ2v) is 11.0. The Morgan fingerprint density at radius 1 is 0.381 bits per heavy atom. The molecule has 0 spiro atoms. The maximum absolute atomic E-state index is 14.0. The standard InChI is InChI=1S/C39H24N2O/c42-39-38-24-27-10-4-9-17-35(27)41(38)37-23-26(19-21-36(37)40(39)28-11-2-1-3-12-28)25-18-20-33-31-15-6-5-13-29(31)30-14-7-8-16-32(30)34(33)22-25/h1-24H. The Bertz CT molecular complexity index is 2550. The smallest absolute Gasteiger partial charge is 0.279 e. The summed E-state index contributed by atoms with van der Waals surface area (Å²) < 4.78 is 3.97. The number of hydrogen-bond acceptors (Lipinski definition) is 1. The van der Waals surface area contributed by atoms with Crippen molar-refractivity contribution >= 4 is 59.8 Å². The van der Waals surface area contributed by atoms with Gasteiger partial charge in [-0.25, -0.2) is 0 Å². The molecule has 0 bridgehead atoms. The van der Waals surface area contributed by atoms with E-state index in [0.29, 0.717) is 5.52 Å². The Kier molecular flexibility index (Phi) is 4.76. The van der Waals surface area contributed by atoms with Crippen LogP contribution in [0.5, 0.6) is 0 Å². The summed E-state index contributed by atoms with van der Waals surface area (Å²) in [6.45, 7) is 0. The fourth-order valence-corrected chi connectivity index (χ4v) is 6.79. The molecule has 0 radical (unpaired) electrons. The maximum Gasteiger partial charge on any atom is 0.279 e. The van der Waals surface area contributed by atoms with Crippen molar-refractivity contribution < 1.29 is 0 Å². The minimum absolute atomic E-state index is 0.0262. The van der Waals surface area contributed by atoms with Crippen LogP contribution in [0.4, 0.5) is 0 Å². The summed E-state index contributed by atoms with van der Waals surface area (Å²) in [7, 11) is 0. The normalized spacial score (nSPS) is 11.9. The van der Waals surface area contributed by atoms with Crippen LogP contribution in [-0.4, -0.2) is 8.97 Å². The van der Waals surface area contributed by atoms with E-state index in [1.54, 1.807) is 0 Å². The highest BCUT2D eigenvalue weighted by atomic mass is 16.1. The van der Waals surface area contributed by atoms with Crippen molar-refractivity contribution in [3.8, 4) is 16.8 Å². The van der Waals surface area contributed by atoms with Gasteiger partial charge in [-0.05, 0) is 85.9 Å². The lowest BCUT2D eigenvalue weighted by atomic mass is 9.92. The van der Waals surface area contributed by atoms with Gasteiger partial charge in [-0.15, -0.1) is 0 Å². The summed E-state index contributed by atoms with van der Waals surface area (Å²) in [6, 6.07) is 50.8. The molecular formula is C39H24N2O. The van der Waals surface area contributed by atoms with Crippen LogP contribution >= 0.6 is 0 Å². The van der Waals surface area contributed by atoms with Crippen molar-refractivity contribution in [2.45, 2.75) is 0 Å². The molecule has 3 heteroatoms. The molecule has 0 saturated heterocycles. The fourth-order valence-electron chi connectivity index (χ4n) is 6.79. The number of hydrogen-bond donors (Lipinski definition) is 0. The topological polar surface area (TPSA) is 26.4 Å². The molecule has 0 fully saturated rings. The van der Waals surface area contributed by atoms with E-state index in [0.717, 1.165) is 38.8 Å². The molecule has 2 aromatic heterocycles. The molecule has 3 nitrogen and oxygen atoms in total. The van der Waals surface area contributed by atoms with Crippen LogP contribution in [-0.2, 0) is 0 Å². The number of para-hydroxylation sites is 2. The Balaban J connectivity index is 1.38. The Morgan fingerprint density at radius 2 is 0.952 bits per heavy atom. The Labute approximate surface area is 241 Å². The van der Waals surface area contributed by atoms with E-state index in [2.05, 4.69) is 101 Å². The van der Waals surface area contributed by atoms with Gasteiger partial charge in [-0.1, -0.05) is 103 Å². The average Bonchev–Trinajstić information content (AvgIpc) is 3.46. The van der Waals surface area contributed by atoms with E-state index in [9.17, 15) is 4.79 Å². The third kappa shape index (κ3) is 3.19. The monoisotopic (exact) mass is 536 g/mol. The molecule has 0 N–H and O–H groups in total. The fraction of sp³-hybridized carbons (Fsp3) is 0. The third-order valence-corrected chi connectivity index (χ3v) is 8.68. The quantitative estimate of drug-likeness (QED) is 0.202. The molecule has 2 heterocycles. The first-order chi connectivity index (χ1) is 20.8. The maximum atomic E-state index is 14.0. The number of fused-ring (bicyclic) bond motifs is 11. The molecule has 0 saturated carbocycles. The highest BCUT2D eigenvalue weighted by molar-refractivity contribution is 6.25. The van der Waals surface area contributed by atoms with Crippen LogP contribution < -0.4 is 5.56 Å². The van der Waals surface area contributed by atoms with Crippen molar-refractivity contribution in [1.29, 1.82) is 0 Å². The largest absolute Gasteiger partial charge is 0.303 e. The summed E-state index contributed by atoms with van der Waals surface area (Å²) >= 11 is 0. The lowest BCUT2D eigenvalue weighted by Crippen LogP contribution is -2.21. The van der Waals surface area contributed by atoms with E-state index in [1.807, 2.05) is 53.1 Å². The van der Waals surface area contributed by atoms with Gasteiger partial charge in [0.05, 0.1) is 16.6 Å². The summed E-state index contributed by atoms with van der Waals surface area (Å²) in [4.78, 5) is 14.0. The first kappa shape index (κ1) is 23.1. The van der Waals surface area contributed by atoms with Gasteiger partial charge in [0.15, 0.2) is 0 Å². The molecular weight excluding hydrogens is 512 g/mol. The summed E-state index contributed by atoms with van der Waals surface area (Å²) in [5, 5.41) is 8.62. The molecule has 7 aromatic carbocycles. The SMILES string of the molecule is O=c1c2cc3ccccc3n2c2cc(-c3ccc4c5ccccc5c5ccccc5c4c3)ccc2n1-c1ccccc1. The molecule has 9 rings (SSSR count). The predicted octanol–water partition coefficient (Wildman–Crippen LogP) is 9.52. The molecule has 42 heavy (non-hydrogen) atoms. The summed E-state index contributed by atoms with van der Waals surface area (Å²) in [6.07, 6.45) is 0. The number of benzene rings is 7. The van der Waals surface area contributed by atoms with Gasteiger partial charge in [0.25, 0.3) is 5.56 Å². The first-order valence-electron chi connectivity index (χ1n) is 14.2. The lowest BCUT2D eigenvalue weighted by Gasteiger charge is -2.15. The van der Waals surface area contributed by atoms with Crippen LogP contribution in [0.3, 0.4) is 0 Å². The third-order valence-electron chi connectivity index (χ3n) is 8.68. The Morgan fingerprint density at radius 3 is 1.69 bits per heavy atom. The molecule has 0 aliphatic heterocycles. The molecule has 0 unspecified atom stereocenters. The van der Waals surface area contributed by atoms with Gasteiger partial charge in [-0.3, -0.25) is 9.36 Å². The van der Waals surface area contributed by atoms with E-state index >= 15 is 0 Å². The minimum atomic E-state index is -0.0262. The summed E-state index contributed by atoms with van der Waals surface area (Å²) in [5.41, 5.74) is 6.66. The van der Waals surface area contributed by atoms with E-state index in [4.69, 9.17) is 0 Å². The van der Waals surface area contributed by atoms with Crippen molar-refractivity contribution in [2.75, 3.05) is 0 Å². The zero-order valence-electron chi connectivity index (χ0n) is 22.7. The second kappa shape index (κ2) is 8.66. The summed E-state index contributed by atoms with van der Waals surface area (Å²) in [5.74, 6) is 0. The highest BCUT2D eigenvalue weighted by Gasteiger charge is 2.17. The van der Waals surface area contributed by atoms with Gasteiger partial charge in [0.1, 0.15) is 5.52 Å². The van der Waals surface area contributed by atoms with Crippen molar-refractivity contribution in [3.63, 3.8) is 0 Å². The molecule has 0 atom stereocenters. The van der Waals surface area contributed by atoms with E-state index in [1.165, 1.54) is 32.3 Å². The van der Waals surface area contributed by atoms with Crippen molar-refractivity contribution in [3.05, 3.63) is 156 Å². The van der Waals surface area contributed by atoms with Crippen molar-refractivity contribution in [1.82, 2.24) is 8.97 Å². The van der Waals surface area contributed by atoms with Gasteiger partial charge in [0, 0.05) is 11.1 Å². The molecule has 196 valence electrons. The van der Waals surface area contributed by atoms with Gasteiger partial charge >= 0.3 is 0 Å². The van der Waals surface area contributed by atoms with Crippen molar-refractivity contribution in [2.24, 2.45) is 0 Å². The molecule has 0 aliphatic rings. The van der Waals surface area contributed by atoms with E-state index < -0.39 is 0 Å². The van der Waals surface area contributed by atoms with Gasteiger partial charge in [0.2, 0.25) is 0 Å². The van der Waals surface area contributed by atoms with Gasteiger partial charge < -0.3 is 4.40 Å². The van der Waals surface area contributed by atoms with Crippen LogP contribution in [0.25, 0.3) is 76.6 Å². The number of nitrogens with zero attached hydrogens (tertiary/aromatic N) is 2. The number of rotatable bonds is 2. The van der Waals surface area contributed by atoms with Gasteiger partial charge in [-0.2, -0.15) is 0 Å². The molecule has 0 aliphatic carbocycles. The second-order valence-electron chi connectivity index (χ2n) is 11.0. The first-order valence-corrected chi connectivity index (χ1v) is 14.2. The van der Waals surface area contributed by atoms with Crippen LogP contribution in [0.2, 0.25) is 0 Å². The lowest BCUT2D eigenvalue weighted by molar-refractivity contribution is 1.03. The predicted molar refractivity (Wildman–Crippen MR) is 176 cm³/mol. The van der Waals surface area contributed by atoms with E-state index in [-0.39, 0.29) is 5.56 Å². The highest BCUT2D eigenvalue weighted by Crippen LogP contribution is 2.38. The van der Waals surface area contributed by atoms with Crippen LogP contribution in [0.15, 0.2) is 150 Å². The molecule has 9 aromatic rings. The Hall–Kier alpha value is -5.67. The zero-order valence-corrected chi connectivity index (χ0v) is 22.7.